The number of halogens is 1. The van der Waals surface area contributed by atoms with Crippen LogP contribution in [-0.4, -0.2) is 35.0 Å². The Morgan fingerprint density at radius 1 is 1.48 bits per heavy atom. The maximum atomic E-state index is 12.3. The van der Waals surface area contributed by atoms with Crippen LogP contribution < -0.4 is 4.74 Å². The van der Waals surface area contributed by atoms with Crippen molar-refractivity contribution in [1.29, 1.82) is 0 Å². The molecule has 1 atom stereocenters. The van der Waals surface area contributed by atoms with E-state index in [2.05, 4.69) is 4.98 Å². The highest BCUT2D eigenvalue weighted by molar-refractivity contribution is 7.11. The maximum Gasteiger partial charge on any atom is 0.273 e. The number of thiazole rings is 1. The second-order valence-corrected chi connectivity index (χ2v) is 6.20. The van der Waals surface area contributed by atoms with Crippen molar-refractivity contribution >= 4 is 28.8 Å². The van der Waals surface area contributed by atoms with Gasteiger partial charge in [0.25, 0.3) is 5.19 Å². The van der Waals surface area contributed by atoms with Crippen LogP contribution in [0.4, 0.5) is 0 Å². The summed E-state index contributed by atoms with van der Waals surface area (Å²) in [6.07, 6.45) is 2.93. The first-order valence-corrected chi connectivity index (χ1v) is 8.05. The molecule has 1 aromatic carbocycles. The number of amides is 1. The van der Waals surface area contributed by atoms with E-state index in [0.29, 0.717) is 23.2 Å². The zero-order valence-corrected chi connectivity index (χ0v) is 12.9. The SMILES string of the molecule is O=C(Cc1ccccc1Cl)N1CCC(Oc2nccs2)C1. The zero-order chi connectivity index (χ0) is 14.7. The monoisotopic (exact) mass is 322 g/mol. The number of hydrogen-bond donors (Lipinski definition) is 0. The number of benzene rings is 1. The Hall–Kier alpha value is -1.59. The summed E-state index contributed by atoms with van der Waals surface area (Å²) in [7, 11) is 0. The molecule has 0 aliphatic carbocycles. The van der Waals surface area contributed by atoms with Gasteiger partial charge < -0.3 is 9.64 Å². The molecule has 1 aliphatic heterocycles. The third-order valence-corrected chi connectivity index (χ3v) is 4.50. The molecule has 1 fully saturated rings. The van der Waals surface area contributed by atoms with Gasteiger partial charge in [-0.25, -0.2) is 4.98 Å². The molecule has 1 aliphatic rings. The third-order valence-electron chi connectivity index (χ3n) is 3.47. The first kappa shape index (κ1) is 14.4. The fourth-order valence-corrected chi connectivity index (χ4v) is 3.13. The molecular formula is C15H15ClN2O2S. The first-order valence-electron chi connectivity index (χ1n) is 6.79. The Morgan fingerprint density at radius 2 is 2.33 bits per heavy atom. The average Bonchev–Trinajstić information content (AvgIpc) is 3.13. The van der Waals surface area contributed by atoms with Gasteiger partial charge in [-0.05, 0) is 11.6 Å². The van der Waals surface area contributed by atoms with E-state index in [1.165, 1.54) is 11.3 Å². The summed E-state index contributed by atoms with van der Waals surface area (Å²) in [4.78, 5) is 18.3. The van der Waals surface area contributed by atoms with Crippen LogP contribution in [0.5, 0.6) is 5.19 Å². The minimum Gasteiger partial charge on any atom is -0.465 e. The van der Waals surface area contributed by atoms with Crippen molar-refractivity contribution in [3.63, 3.8) is 0 Å². The van der Waals surface area contributed by atoms with Crippen molar-refractivity contribution in [3.8, 4) is 5.19 Å². The summed E-state index contributed by atoms with van der Waals surface area (Å²) in [5, 5.41) is 3.19. The van der Waals surface area contributed by atoms with E-state index >= 15 is 0 Å². The Kier molecular flexibility index (Phi) is 4.41. The van der Waals surface area contributed by atoms with E-state index in [4.69, 9.17) is 16.3 Å². The predicted octanol–water partition coefficient (Wildman–Crippen LogP) is 3.02. The van der Waals surface area contributed by atoms with Gasteiger partial charge in [0.15, 0.2) is 0 Å². The van der Waals surface area contributed by atoms with Crippen molar-refractivity contribution in [2.24, 2.45) is 0 Å². The van der Waals surface area contributed by atoms with Gasteiger partial charge in [-0.15, -0.1) is 0 Å². The normalized spacial score (nSPS) is 18.0. The van der Waals surface area contributed by atoms with Gasteiger partial charge in [0.2, 0.25) is 5.91 Å². The standard InChI is InChI=1S/C15H15ClN2O2S/c16-13-4-2-1-3-11(13)9-14(19)18-7-5-12(10-18)20-15-17-6-8-21-15/h1-4,6,8,12H,5,7,9-10H2. The largest absolute Gasteiger partial charge is 0.465 e. The minimum atomic E-state index is 0.0337. The molecule has 0 saturated carbocycles. The van der Waals surface area contributed by atoms with Gasteiger partial charge in [-0.3, -0.25) is 4.79 Å². The lowest BCUT2D eigenvalue weighted by Gasteiger charge is -2.17. The van der Waals surface area contributed by atoms with Crippen molar-refractivity contribution in [2.45, 2.75) is 18.9 Å². The molecule has 0 bridgehead atoms. The van der Waals surface area contributed by atoms with Crippen LogP contribution >= 0.6 is 22.9 Å². The Balaban J connectivity index is 1.56. The molecule has 21 heavy (non-hydrogen) atoms. The van der Waals surface area contributed by atoms with Crippen LogP contribution in [0.2, 0.25) is 5.02 Å². The van der Waals surface area contributed by atoms with Crippen LogP contribution in [0, 0.1) is 0 Å². The van der Waals surface area contributed by atoms with Crippen molar-refractivity contribution < 1.29 is 9.53 Å². The quantitative estimate of drug-likeness (QED) is 0.869. The topological polar surface area (TPSA) is 42.4 Å². The van der Waals surface area contributed by atoms with Crippen molar-refractivity contribution in [3.05, 3.63) is 46.4 Å². The predicted molar refractivity (Wildman–Crippen MR) is 82.9 cm³/mol. The van der Waals surface area contributed by atoms with Gasteiger partial charge in [0, 0.05) is 29.6 Å². The molecule has 1 amide bonds. The van der Waals surface area contributed by atoms with Gasteiger partial charge >= 0.3 is 0 Å². The fraction of sp³-hybridized carbons (Fsp3) is 0.333. The summed E-state index contributed by atoms with van der Waals surface area (Å²) < 4.78 is 5.76. The van der Waals surface area contributed by atoms with Crippen LogP contribution in [0.25, 0.3) is 0 Å². The molecule has 0 radical (unpaired) electrons. The molecule has 0 N–H and O–H groups in total. The average molecular weight is 323 g/mol. The lowest BCUT2D eigenvalue weighted by molar-refractivity contribution is -0.129. The number of nitrogens with zero attached hydrogens (tertiary/aromatic N) is 2. The molecule has 110 valence electrons. The van der Waals surface area contributed by atoms with Crippen molar-refractivity contribution in [2.75, 3.05) is 13.1 Å². The van der Waals surface area contributed by atoms with Gasteiger partial charge in [-0.1, -0.05) is 41.1 Å². The van der Waals surface area contributed by atoms with Crippen LogP contribution in [-0.2, 0) is 11.2 Å². The highest BCUT2D eigenvalue weighted by atomic mass is 35.5. The van der Waals surface area contributed by atoms with E-state index in [1.54, 1.807) is 6.20 Å². The van der Waals surface area contributed by atoms with E-state index in [9.17, 15) is 4.79 Å². The number of rotatable bonds is 4. The summed E-state index contributed by atoms with van der Waals surface area (Å²) in [5.74, 6) is 0.0911. The number of aromatic nitrogens is 1. The Morgan fingerprint density at radius 3 is 3.10 bits per heavy atom. The summed E-state index contributed by atoms with van der Waals surface area (Å²) >= 11 is 7.57. The molecule has 4 nitrogen and oxygen atoms in total. The number of hydrogen-bond acceptors (Lipinski definition) is 4. The molecule has 6 heteroatoms. The molecule has 2 aromatic rings. The highest BCUT2D eigenvalue weighted by Crippen LogP contribution is 2.22. The molecule has 0 spiro atoms. The first-order chi connectivity index (χ1) is 10.2. The molecule has 1 unspecified atom stereocenters. The Labute approximate surface area is 132 Å². The van der Waals surface area contributed by atoms with Crippen LogP contribution in [0.1, 0.15) is 12.0 Å². The highest BCUT2D eigenvalue weighted by Gasteiger charge is 2.28. The molecule has 1 aromatic heterocycles. The van der Waals surface area contributed by atoms with Gasteiger partial charge in [0.05, 0.1) is 13.0 Å². The Bertz CT molecular complexity index is 618. The van der Waals surface area contributed by atoms with Crippen molar-refractivity contribution in [1.82, 2.24) is 9.88 Å². The maximum absolute atomic E-state index is 12.3. The smallest absolute Gasteiger partial charge is 0.273 e. The summed E-state index contributed by atoms with van der Waals surface area (Å²) in [5.41, 5.74) is 0.869. The van der Waals surface area contributed by atoms with Gasteiger partial charge in [-0.2, -0.15) is 0 Å². The lowest BCUT2D eigenvalue weighted by atomic mass is 10.1. The number of carbonyl (C=O) groups excluding carboxylic acids is 1. The number of carbonyl (C=O) groups is 1. The van der Waals surface area contributed by atoms with Gasteiger partial charge in [0.1, 0.15) is 6.10 Å². The second kappa shape index (κ2) is 6.45. The molecule has 1 saturated heterocycles. The van der Waals surface area contributed by atoms with E-state index in [-0.39, 0.29) is 12.0 Å². The molecule has 2 heterocycles. The number of ether oxygens (including phenoxy) is 1. The minimum absolute atomic E-state index is 0.0337. The lowest BCUT2D eigenvalue weighted by Crippen LogP contribution is -2.32. The van der Waals surface area contributed by atoms with Crippen LogP contribution in [0.3, 0.4) is 0 Å². The number of likely N-dealkylation sites (tertiary alicyclic amines) is 1. The molecule has 3 rings (SSSR count). The van der Waals surface area contributed by atoms with E-state index in [0.717, 1.165) is 18.5 Å². The third kappa shape index (κ3) is 3.54. The summed E-state index contributed by atoms with van der Waals surface area (Å²) in [6, 6.07) is 7.46. The van der Waals surface area contributed by atoms with Crippen LogP contribution in [0.15, 0.2) is 35.8 Å². The molecular weight excluding hydrogens is 308 g/mol. The van der Waals surface area contributed by atoms with E-state index in [1.807, 2.05) is 34.5 Å². The summed E-state index contributed by atoms with van der Waals surface area (Å²) in [6.45, 7) is 1.34. The fourth-order valence-electron chi connectivity index (χ4n) is 2.38. The van der Waals surface area contributed by atoms with E-state index < -0.39 is 0 Å². The second-order valence-electron chi connectivity index (χ2n) is 4.93. The zero-order valence-electron chi connectivity index (χ0n) is 11.4.